The molecule has 11 heavy (non-hydrogen) atoms. The molecule has 1 fully saturated rings. The summed E-state index contributed by atoms with van der Waals surface area (Å²) in [6, 6.07) is 0. The minimum atomic E-state index is 0. The Bertz CT molecular complexity index is 132. The molecule has 1 rings (SSSR count). The van der Waals surface area contributed by atoms with Crippen molar-refractivity contribution in [1.82, 2.24) is 0 Å². The number of Topliss-reactive ketones (excluding diaryl/α,β-unsaturated/α-hetero) is 1. The first-order valence-electron chi connectivity index (χ1n) is 4.16. The van der Waals surface area contributed by atoms with E-state index in [1.165, 1.54) is 19.3 Å². The maximum absolute atomic E-state index is 11.1. The summed E-state index contributed by atoms with van der Waals surface area (Å²) in [5.74, 6) is 0.382. The standard InChI is InChI=1S/C9H16O.CH4/c1-8(10)9(2)6-4-3-5-7-9;/h3-7H2,1-2H3;1H4. The highest BCUT2D eigenvalue weighted by Crippen LogP contribution is 2.36. The normalized spacial score (nSPS) is 22.0. The topological polar surface area (TPSA) is 17.1 Å². The zero-order chi connectivity index (χ0) is 7.61. The summed E-state index contributed by atoms with van der Waals surface area (Å²) in [6.45, 7) is 3.83. The highest BCUT2D eigenvalue weighted by atomic mass is 16.1. The second kappa shape index (κ2) is 3.89. The molecule has 1 aliphatic carbocycles. The van der Waals surface area contributed by atoms with E-state index in [-0.39, 0.29) is 12.8 Å². The van der Waals surface area contributed by atoms with Crippen molar-refractivity contribution < 1.29 is 4.79 Å². The molecule has 0 saturated heterocycles. The highest BCUT2D eigenvalue weighted by molar-refractivity contribution is 5.81. The molecule has 0 unspecified atom stereocenters. The molecular formula is C10H20O. The zero-order valence-electron chi connectivity index (χ0n) is 6.94. The molecule has 0 spiro atoms. The van der Waals surface area contributed by atoms with E-state index >= 15 is 0 Å². The van der Waals surface area contributed by atoms with Gasteiger partial charge in [0.05, 0.1) is 0 Å². The maximum Gasteiger partial charge on any atom is 0.135 e. The summed E-state index contributed by atoms with van der Waals surface area (Å²) >= 11 is 0. The van der Waals surface area contributed by atoms with E-state index in [0.717, 1.165) is 12.8 Å². The fourth-order valence-corrected chi connectivity index (χ4v) is 1.68. The molecule has 0 aromatic heterocycles. The van der Waals surface area contributed by atoms with Crippen LogP contribution in [-0.2, 0) is 4.79 Å². The molecular weight excluding hydrogens is 136 g/mol. The average molecular weight is 156 g/mol. The predicted molar refractivity (Wildman–Crippen MR) is 48.6 cm³/mol. The van der Waals surface area contributed by atoms with E-state index in [0.29, 0.717) is 5.78 Å². The molecule has 0 radical (unpaired) electrons. The van der Waals surface area contributed by atoms with Gasteiger partial charge in [-0.3, -0.25) is 4.79 Å². The molecule has 1 aliphatic rings. The molecule has 0 heterocycles. The maximum atomic E-state index is 11.1. The molecule has 0 aromatic carbocycles. The van der Waals surface area contributed by atoms with Gasteiger partial charge in [0.1, 0.15) is 5.78 Å². The average Bonchev–Trinajstić information content (AvgIpc) is 1.89. The van der Waals surface area contributed by atoms with Gasteiger partial charge >= 0.3 is 0 Å². The lowest BCUT2D eigenvalue weighted by Crippen LogP contribution is -2.27. The third-order valence-electron chi connectivity index (χ3n) is 2.81. The van der Waals surface area contributed by atoms with Crippen molar-refractivity contribution in [2.45, 2.75) is 53.4 Å². The van der Waals surface area contributed by atoms with Gasteiger partial charge in [0.15, 0.2) is 0 Å². The van der Waals surface area contributed by atoms with Gasteiger partial charge in [-0.2, -0.15) is 0 Å². The zero-order valence-corrected chi connectivity index (χ0v) is 6.94. The first kappa shape index (κ1) is 10.7. The number of ketones is 1. The Hall–Kier alpha value is -0.330. The summed E-state index contributed by atoms with van der Waals surface area (Å²) in [5, 5.41) is 0. The largest absolute Gasteiger partial charge is 0.299 e. The monoisotopic (exact) mass is 156 g/mol. The number of carbonyl (C=O) groups is 1. The predicted octanol–water partition coefficient (Wildman–Crippen LogP) is 3.18. The molecule has 1 nitrogen and oxygen atoms in total. The summed E-state index contributed by atoms with van der Waals surface area (Å²) < 4.78 is 0. The van der Waals surface area contributed by atoms with Gasteiger partial charge in [0, 0.05) is 5.41 Å². The molecule has 0 aromatic rings. The van der Waals surface area contributed by atoms with Crippen LogP contribution >= 0.6 is 0 Å². The van der Waals surface area contributed by atoms with Gasteiger partial charge in [-0.1, -0.05) is 33.6 Å². The molecule has 1 saturated carbocycles. The highest BCUT2D eigenvalue weighted by Gasteiger charge is 2.30. The summed E-state index contributed by atoms with van der Waals surface area (Å²) in [5.41, 5.74) is 0.0399. The molecule has 0 atom stereocenters. The second-order valence-electron chi connectivity index (χ2n) is 3.68. The van der Waals surface area contributed by atoms with Gasteiger partial charge in [-0.15, -0.1) is 0 Å². The first-order chi connectivity index (χ1) is 4.65. The van der Waals surface area contributed by atoms with Gasteiger partial charge in [0.2, 0.25) is 0 Å². The quantitative estimate of drug-likeness (QED) is 0.570. The van der Waals surface area contributed by atoms with Crippen molar-refractivity contribution in [3.8, 4) is 0 Å². The summed E-state index contributed by atoms with van der Waals surface area (Å²) in [6.07, 6.45) is 6.04. The van der Waals surface area contributed by atoms with Crippen LogP contribution in [0.3, 0.4) is 0 Å². The van der Waals surface area contributed by atoms with E-state index in [1.54, 1.807) is 6.92 Å². The Morgan fingerprint density at radius 2 is 1.64 bits per heavy atom. The lowest BCUT2D eigenvalue weighted by Gasteiger charge is -2.30. The van der Waals surface area contributed by atoms with Crippen LogP contribution in [0.4, 0.5) is 0 Å². The minimum absolute atomic E-state index is 0. The van der Waals surface area contributed by atoms with Crippen molar-refractivity contribution in [3.05, 3.63) is 0 Å². The number of rotatable bonds is 1. The van der Waals surface area contributed by atoms with Gasteiger partial charge in [-0.05, 0) is 19.8 Å². The molecule has 0 N–H and O–H groups in total. The Morgan fingerprint density at radius 1 is 1.18 bits per heavy atom. The Morgan fingerprint density at radius 3 is 1.91 bits per heavy atom. The van der Waals surface area contributed by atoms with Crippen LogP contribution in [0.25, 0.3) is 0 Å². The van der Waals surface area contributed by atoms with Crippen LogP contribution in [0.2, 0.25) is 0 Å². The third-order valence-corrected chi connectivity index (χ3v) is 2.81. The molecule has 1 heteroatoms. The molecule has 0 amide bonds. The Labute approximate surface area is 70.2 Å². The summed E-state index contributed by atoms with van der Waals surface area (Å²) in [7, 11) is 0. The van der Waals surface area contributed by atoms with Gasteiger partial charge in [0.25, 0.3) is 0 Å². The first-order valence-corrected chi connectivity index (χ1v) is 4.16. The van der Waals surface area contributed by atoms with Crippen LogP contribution in [0.15, 0.2) is 0 Å². The van der Waals surface area contributed by atoms with Crippen LogP contribution in [0.1, 0.15) is 53.4 Å². The van der Waals surface area contributed by atoms with E-state index < -0.39 is 0 Å². The van der Waals surface area contributed by atoms with Crippen molar-refractivity contribution in [2.24, 2.45) is 5.41 Å². The van der Waals surface area contributed by atoms with E-state index in [4.69, 9.17) is 0 Å². The van der Waals surface area contributed by atoms with Crippen molar-refractivity contribution in [3.63, 3.8) is 0 Å². The number of hydrogen-bond donors (Lipinski definition) is 0. The fraction of sp³-hybridized carbons (Fsp3) is 0.900. The smallest absolute Gasteiger partial charge is 0.135 e. The minimum Gasteiger partial charge on any atom is -0.299 e. The van der Waals surface area contributed by atoms with E-state index in [9.17, 15) is 4.79 Å². The van der Waals surface area contributed by atoms with Crippen molar-refractivity contribution in [2.75, 3.05) is 0 Å². The Kier molecular flexibility index (Phi) is 3.77. The van der Waals surface area contributed by atoms with Crippen LogP contribution in [0, 0.1) is 5.41 Å². The lowest BCUT2D eigenvalue weighted by molar-refractivity contribution is -0.127. The van der Waals surface area contributed by atoms with Crippen LogP contribution < -0.4 is 0 Å². The van der Waals surface area contributed by atoms with Crippen LogP contribution in [0.5, 0.6) is 0 Å². The lowest BCUT2D eigenvalue weighted by atomic mass is 9.73. The SMILES string of the molecule is C.CC(=O)C1(C)CCCCC1. The fourth-order valence-electron chi connectivity index (χ4n) is 1.68. The van der Waals surface area contributed by atoms with Crippen LogP contribution in [-0.4, -0.2) is 5.78 Å². The Balaban J connectivity index is 0.000001000. The van der Waals surface area contributed by atoms with Crippen molar-refractivity contribution in [1.29, 1.82) is 0 Å². The third kappa shape index (κ3) is 2.32. The number of hydrogen-bond acceptors (Lipinski definition) is 1. The molecule has 0 aliphatic heterocycles. The van der Waals surface area contributed by atoms with E-state index in [2.05, 4.69) is 6.92 Å². The summed E-state index contributed by atoms with van der Waals surface area (Å²) in [4.78, 5) is 11.1. The number of carbonyl (C=O) groups excluding carboxylic acids is 1. The molecule has 66 valence electrons. The molecule has 0 bridgehead atoms. The van der Waals surface area contributed by atoms with Crippen molar-refractivity contribution >= 4 is 5.78 Å². The van der Waals surface area contributed by atoms with Gasteiger partial charge in [-0.25, -0.2) is 0 Å². The van der Waals surface area contributed by atoms with E-state index in [1.807, 2.05) is 0 Å². The second-order valence-corrected chi connectivity index (χ2v) is 3.68. The van der Waals surface area contributed by atoms with Gasteiger partial charge < -0.3 is 0 Å².